The zero-order valence-electron chi connectivity index (χ0n) is 11.3. The molecule has 1 aromatic heterocycles. The van der Waals surface area contributed by atoms with Gasteiger partial charge < -0.3 is 14.6 Å². The van der Waals surface area contributed by atoms with Gasteiger partial charge in [-0.15, -0.1) is 0 Å². The number of hydrogen-bond acceptors (Lipinski definition) is 4. The molecule has 0 saturated heterocycles. The summed E-state index contributed by atoms with van der Waals surface area (Å²) in [4.78, 5) is 4.21. The highest BCUT2D eigenvalue weighted by Gasteiger charge is 2.21. The molecule has 19 heavy (non-hydrogen) atoms. The van der Waals surface area contributed by atoms with E-state index in [1.807, 2.05) is 25.1 Å². The smallest absolute Gasteiger partial charge is 0.128 e. The Morgan fingerprint density at radius 1 is 1.11 bits per heavy atom. The van der Waals surface area contributed by atoms with Gasteiger partial charge in [0, 0.05) is 6.20 Å². The van der Waals surface area contributed by atoms with Crippen LogP contribution >= 0.6 is 0 Å². The SMILES string of the molecule is COc1cccc(OC)c1C(O)c1cc(C)ccn1. The van der Waals surface area contributed by atoms with Gasteiger partial charge in [-0.25, -0.2) is 0 Å². The molecule has 2 rings (SSSR count). The molecule has 0 aliphatic carbocycles. The van der Waals surface area contributed by atoms with Crippen molar-refractivity contribution in [2.45, 2.75) is 13.0 Å². The number of methoxy groups -OCH3 is 2. The summed E-state index contributed by atoms with van der Waals surface area (Å²) in [5.41, 5.74) is 2.20. The summed E-state index contributed by atoms with van der Waals surface area (Å²) >= 11 is 0. The van der Waals surface area contributed by atoms with Crippen LogP contribution in [0.15, 0.2) is 36.5 Å². The number of benzene rings is 1. The Hall–Kier alpha value is -2.07. The number of pyridine rings is 1. The Morgan fingerprint density at radius 2 is 1.74 bits per heavy atom. The predicted molar refractivity (Wildman–Crippen MR) is 72.6 cm³/mol. The highest BCUT2D eigenvalue weighted by Crippen LogP contribution is 2.36. The average Bonchev–Trinajstić information content (AvgIpc) is 2.45. The predicted octanol–water partition coefficient (Wildman–Crippen LogP) is 2.49. The van der Waals surface area contributed by atoms with Crippen molar-refractivity contribution in [3.05, 3.63) is 53.3 Å². The van der Waals surface area contributed by atoms with Crippen molar-refractivity contribution >= 4 is 0 Å². The van der Waals surface area contributed by atoms with Gasteiger partial charge in [0.15, 0.2) is 0 Å². The number of ether oxygens (including phenoxy) is 2. The average molecular weight is 259 g/mol. The zero-order valence-corrected chi connectivity index (χ0v) is 11.3. The maximum Gasteiger partial charge on any atom is 0.128 e. The summed E-state index contributed by atoms with van der Waals surface area (Å²) < 4.78 is 10.6. The third kappa shape index (κ3) is 2.69. The molecule has 100 valence electrons. The number of nitrogens with zero attached hydrogens (tertiary/aromatic N) is 1. The summed E-state index contributed by atoms with van der Waals surface area (Å²) in [5, 5.41) is 10.5. The van der Waals surface area contributed by atoms with E-state index in [1.54, 1.807) is 32.5 Å². The Labute approximate surface area is 112 Å². The van der Waals surface area contributed by atoms with E-state index in [0.29, 0.717) is 22.8 Å². The topological polar surface area (TPSA) is 51.6 Å². The van der Waals surface area contributed by atoms with Gasteiger partial charge in [-0.2, -0.15) is 0 Å². The van der Waals surface area contributed by atoms with E-state index < -0.39 is 6.10 Å². The van der Waals surface area contributed by atoms with E-state index in [4.69, 9.17) is 9.47 Å². The number of rotatable bonds is 4. The van der Waals surface area contributed by atoms with Gasteiger partial charge in [0.1, 0.15) is 17.6 Å². The van der Waals surface area contributed by atoms with Crippen LogP contribution in [0.4, 0.5) is 0 Å². The first-order chi connectivity index (χ1) is 9.17. The lowest BCUT2D eigenvalue weighted by Crippen LogP contribution is -2.06. The fourth-order valence-electron chi connectivity index (χ4n) is 2.01. The molecule has 4 heteroatoms. The highest BCUT2D eigenvalue weighted by atomic mass is 16.5. The number of aliphatic hydroxyl groups is 1. The van der Waals surface area contributed by atoms with Gasteiger partial charge in [-0.05, 0) is 36.8 Å². The highest BCUT2D eigenvalue weighted by molar-refractivity contribution is 5.48. The van der Waals surface area contributed by atoms with Crippen LogP contribution in [-0.2, 0) is 0 Å². The van der Waals surface area contributed by atoms with Gasteiger partial charge in [0.25, 0.3) is 0 Å². The number of aryl methyl sites for hydroxylation is 1. The van der Waals surface area contributed by atoms with Crippen molar-refractivity contribution in [3.63, 3.8) is 0 Å². The second-order valence-corrected chi connectivity index (χ2v) is 4.24. The molecule has 1 atom stereocenters. The van der Waals surface area contributed by atoms with Crippen molar-refractivity contribution in [1.82, 2.24) is 4.98 Å². The standard InChI is InChI=1S/C15H17NO3/c1-10-7-8-16-11(9-10)15(17)14-12(18-2)5-4-6-13(14)19-3/h4-9,15,17H,1-3H3. The molecule has 0 aliphatic rings. The summed E-state index contributed by atoms with van der Waals surface area (Å²) in [6.07, 6.45) is 0.793. The van der Waals surface area contributed by atoms with E-state index in [1.165, 1.54) is 0 Å². The Morgan fingerprint density at radius 3 is 2.26 bits per heavy atom. The van der Waals surface area contributed by atoms with Crippen molar-refractivity contribution in [2.24, 2.45) is 0 Å². The van der Waals surface area contributed by atoms with E-state index in [2.05, 4.69) is 4.98 Å². The van der Waals surface area contributed by atoms with E-state index >= 15 is 0 Å². The van der Waals surface area contributed by atoms with Gasteiger partial charge in [0.05, 0.1) is 25.5 Å². The molecule has 0 spiro atoms. The third-order valence-corrected chi connectivity index (χ3v) is 2.96. The molecule has 1 heterocycles. The van der Waals surface area contributed by atoms with Crippen LogP contribution in [0, 0.1) is 6.92 Å². The molecule has 0 bridgehead atoms. The van der Waals surface area contributed by atoms with E-state index in [0.717, 1.165) is 5.56 Å². The normalized spacial score (nSPS) is 12.0. The first-order valence-corrected chi connectivity index (χ1v) is 5.99. The van der Waals surface area contributed by atoms with Crippen molar-refractivity contribution in [2.75, 3.05) is 14.2 Å². The van der Waals surface area contributed by atoms with Crippen molar-refractivity contribution < 1.29 is 14.6 Å². The van der Waals surface area contributed by atoms with Gasteiger partial charge >= 0.3 is 0 Å². The number of hydrogen-bond donors (Lipinski definition) is 1. The molecule has 0 fully saturated rings. The lowest BCUT2D eigenvalue weighted by Gasteiger charge is -2.17. The molecule has 0 amide bonds. The van der Waals surface area contributed by atoms with Gasteiger partial charge in [-0.3, -0.25) is 4.98 Å². The van der Waals surface area contributed by atoms with Gasteiger partial charge in [-0.1, -0.05) is 6.07 Å². The van der Waals surface area contributed by atoms with Crippen LogP contribution in [0.1, 0.15) is 22.9 Å². The fraction of sp³-hybridized carbons (Fsp3) is 0.267. The second kappa shape index (κ2) is 5.71. The van der Waals surface area contributed by atoms with Crippen molar-refractivity contribution in [3.8, 4) is 11.5 Å². The summed E-state index contributed by atoms with van der Waals surface area (Å²) in [5.74, 6) is 1.16. The molecule has 1 N–H and O–H groups in total. The third-order valence-electron chi connectivity index (χ3n) is 2.96. The lowest BCUT2D eigenvalue weighted by atomic mass is 10.0. The maximum absolute atomic E-state index is 10.5. The molecule has 0 radical (unpaired) electrons. The molecule has 1 aromatic carbocycles. The van der Waals surface area contributed by atoms with E-state index in [9.17, 15) is 5.11 Å². The molecule has 0 saturated carbocycles. The molecule has 4 nitrogen and oxygen atoms in total. The zero-order chi connectivity index (χ0) is 13.8. The molecule has 2 aromatic rings. The molecular formula is C15H17NO3. The quantitative estimate of drug-likeness (QED) is 0.916. The lowest BCUT2D eigenvalue weighted by molar-refractivity contribution is 0.204. The first kappa shape index (κ1) is 13.4. The molecule has 0 aliphatic heterocycles. The van der Waals surface area contributed by atoms with Crippen molar-refractivity contribution in [1.29, 1.82) is 0 Å². The second-order valence-electron chi connectivity index (χ2n) is 4.24. The number of aromatic nitrogens is 1. The minimum absolute atomic E-state index is 0.572. The van der Waals surface area contributed by atoms with Crippen LogP contribution in [0.2, 0.25) is 0 Å². The largest absolute Gasteiger partial charge is 0.496 e. The summed E-state index contributed by atoms with van der Waals surface area (Å²) in [6.45, 7) is 1.96. The molecule has 1 unspecified atom stereocenters. The van der Waals surface area contributed by atoms with E-state index in [-0.39, 0.29) is 0 Å². The van der Waals surface area contributed by atoms with Crippen LogP contribution in [0.3, 0.4) is 0 Å². The summed E-state index contributed by atoms with van der Waals surface area (Å²) in [6, 6.07) is 9.12. The van der Waals surface area contributed by atoms with Crippen LogP contribution < -0.4 is 9.47 Å². The maximum atomic E-state index is 10.5. The Kier molecular flexibility index (Phi) is 4.02. The Balaban J connectivity index is 2.51. The minimum Gasteiger partial charge on any atom is -0.496 e. The van der Waals surface area contributed by atoms with Gasteiger partial charge in [0.2, 0.25) is 0 Å². The molecular weight excluding hydrogens is 242 g/mol. The summed E-state index contributed by atoms with van der Waals surface area (Å²) in [7, 11) is 3.13. The number of aliphatic hydroxyl groups excluding tert-OH is 1. The minimum atomic E-state index is -0.883. The van der Waals surface area contributed by atoms with Crippen LogP contribution in [0.25, 0.3) is 0 Å². The first-order valence-electron chi connectivity index (χ1n) is 5.99. The van der Waals surface area contributed by atoms with Crippen LogP contribution in [-0.4, -0.2) is 24.3 Å². The van der Waals surface area contributed by atoms with Crippen LogP contribution in [0.5, 0.6) is 11.5 Å². The monoisotopic (exact) mass is 259 g/mol. The fourth-order valence-corrected chi connectivity index (χ4v) is 2.01. The Bertz CT molecular complexity index is 547.